The summed E-state index contributed by atoms with van der Waals surface area (Å²) in [5, 5.41) is 3.76. The Morgan fingerprint density at radius 1 is 1.00 bits per heavy atom. The van der Waals surface area contributed by atoms with Crippen molar-refractivity contribution in [3.05, 3.63) is 52.5 Å². The molecule has 1 N–H and O–H groups in total. The Morgan fingerprint density at radius 2 is 1.64 bits per heavy atom. The van der Waals surface area contributed by atoms with Crippen LogP contribution in [-0.4, -0.2) is 25.6 Å². The molecule has 0 radical (unpaired) electrons. The summed E-state index contributed by atoms with van der Waals surface area (Å²) in [5.74, 6) is 0.231. The molecule has 0 aliphatic carbocycles. The number of rotatable bonds is 5. The first kappa shape index (κ1) is 17.9. The molecule has 4 nitrogen and oxygen atoms in total. The summed E-state index contributed by atoms with van der Waals surface area (Å²) < 4.78 is 5.43. The first-order valence-electron chi connectivity index (χ1n) is 8.34. The van der Waals surface area contributed by atoms with Gasteiger partial charge in [-0.1, -0.05) is 23.2 Å². The maximum atomic E-state index is 12.0. The number of halogens is 2. The van der Waals surface area contributed by atoms with Crippen molar-refractivity contribution in [3.8, 4) is 5.75 Å². The molecule has 1 fully saturated rings. The molecule has 0 bridgehead atoms. The fourth-order valence-corrected chi connectivity index (χ4v) is 3.37. The number of amides is 1. The Balaban J connectivity index is 1.52. The molecule has 25 heavy (non-hydrogen) atoms. The molecule has 0 unspecified atom stereocenters. The normalized spacial score (nSPS) is 14.2. The molecule has 0 aromatic heterocycles. The van der Waals surface area contributed by atoms with E-state index in [1.807, 2.05) is 24.3 Å². The number of ether oxygens (including phenoxy) is 1. The van der Waals surface area contributed by atoms with Gasteiger partial charge in [0.25, 0.3) is 5.91 Å². The van der Waals surface area contributed by atoms with E-state index in [1.54, 1.807) is 18.2 Å². The fraction of sp³-hybridized carbons (Fsp3) is 0.316. The lowest BCUT2D eigenvalue weighted by Gasteiger charge is -2.28. The van der Waals surface area contributed by atoms with Gasteiger partial charge in [-0.15, -0.1) is 0 Å². The van der Waals surface area contributed by atoms with Gasteiger partial charge in [0.1, 0.15) is 5.75 Å². The predicted octanol–water partition coefficient (Wildman–Crippen LogP) is 5.00. The Hall–Kier alpha value is -1.91. The number of anilines is 2. The number of hydrogen-bond donors (Lipinski definition) is 1. The van der Waals surface area contributed by atoms with E-state index in [1.165, 1.54) is 24.9 Å². The number of nitrogens with one attached hydrogen (secondary N) is 1. The molecule has 0 spiro atoms. The van der Waals surface area contributed by atoms with Gasteiger partial charge in [-0.2, -0.15) is 0 Å². The molecule has 2 aromatic carbocycles. The second-order valence-electron chi connectivity index (χ2n) is 6.04. The van der Waals surface area contributed by atoms with Crippen LogP contribution in [0.25, 0.3) is 0 Å². The minimum absolute atomic E-state index is 0.107. The van der Waals surface area contributed by atoms with Gasteiger partial charge in [-0.25, -0.2) is 0 Å². The molecular formula is C19H20Cl2N2O2. The number of nitrogens with zero attached hydrogens (tertiary/aromatic N) is 1. The highest BCUT2D eigenvalue weighted by molar-refractivity contribution is 6.34. The van der Waals surface area contributed by atoms with Gasteiger partial charge >= 0.3 is 0 Å². The lowest BCUT2D eigenvalue weighted by molar-refractivity contribution is -0.118. The van der Waals surface area contributed by atoms with Crippen molar-refractivity contribution in [2.24, 2.45) is 0 Å². The number of carbonyl (C=O) groups excluding carboxylic acids is 1. The Kier molecular flexibility index (Phi) is 6.05. The molecule has 6 heteroatoms. The topological polar surface area (TPSA) is 41.6 Å². The van der Waals surface area contributed by atoms with E-state index in [0.29, 0.717) is 15.8 Å². The van der Waals surface area contributed by atoms with Crippen LogP contribution in [0.2, 0.25) is 10.0 Å². The van der Waals surface area contributed by atoms with E-state index < -0.39 is 0 Å². The average molecular weight is 379 g/mol. The second kappa shape index (κ2) is 8.45. The lowest BCUT2D eigenvalue weighted by atomic mass is 10.1. The molecule has 0 saturated carbocycles. The standard InChI is InChI=1S/C19H20Cl2N2O2/c20-14-10-15(21)12-18(11-14)25-13-19(24)22-16-4-6-17(7-5-16)23-8-2-1-3-9-23/h4-7,10-12H,1-3,8-9,13H2,(H,22,24). The highest BCUT2D eigenvalue weighted by Crippen LogP contribution is 2.24. The van der Waals surface area contributed by atoms with Crippen molar-refractivity contribution >= 4 is 40.5 Å². The third kappa shape index (κ3) is 5.28. The number of piperidine rings is 1. The Bertz CT molecular complexity index is 708. The summed E-state index contributed by atoms with van der Waals surface area (Å²) in [4.78, 5) is 14.4. The molecule has 2 aromatic rings. The van der Waals surface area contributed by atoms with Crippen LogP contribution in [0.15, 0.2) is 42.5 Å². The summed E-state index contributed by atoms with van der Waals surface area (Å²) in [7, 11) is 0. The number of hydrogen-bond acceptors (Lipinski definition) is 3. The maximum Gasteiger partial charge on any atom is 0.262 e. The first-order chi connectivity index (χ1) is 12.1. The molecule has 1 amide bonds. The summed E-state index contributed by atoms with van der Waals surface area (Å²) in [6.45, 7) is 2.09. The van der Waals surface area contributed by atoms with Gasteiger partial charge in [0, 0.05) is 34.5 Å². The summed E-state index contributed by atoms with van der Waals surface area (Å²) >= 11 is 11.8. The van der Waals surface area contributed by atoms with Crippen molar-refractivity contribution < 1.29 is 9.53 Å². The molecule has 3 rings (SSSR count). The third-order valence-corrected chi connectivity index (χ3v) is 4.51. The van der Waals surface area contributed by atoms with Crippen LogP contribution in [-0.2, 0) is 4.79 Å². The largest absolute Gasteiger partial charge is 0.484 e. The van der Waals surface area contributed by atoms with Crippen molar-refractivity contribution in [1.82, 2.24) is 0 Å². The molecule has 0 atom stereocenters. The average Bonchev–Trinajstić information content (AvgIpc) is 2.61. The maximum absolute atomic E-state index is 12.0. The van der Waals surface area contributed by atoms with E-state index in [9.17, 15) is 4.79 Å². The summed E-state index contributed by atoms with van der Waals surface area (Å²) in [6, 6.07) is 12.8. The van der Waals surface area contributed by atoms with Crippen molar-refractivity contribution in [3.63, 3.8) is 0 Å². The van der Waals surface area contributed by atoms with Crippen molar-refractivity contribution in [2.45, 2.75) is 19.3 Å². The molecule has 1 aliphatic rings. The van der Waals surface area contributed by atoms with E-state index >= 15 is 0 Å². The molecular weight excluding hydrogens is 359 g/mol. The van der Waals surface area contributed by atoms with Crippen LogP contribution in [0.5, 0.6) is 5.75 Å². The first-order valence-corrected chi connectivity index (χ1v) is 9.09. The van der Waals surface area contributed by atoms with E-state index in [4.69, 9.17) is 27.9 Å². The van der Waals surface area contributed by atoms with Crippen molar-refractivity contribution in [1.29, 1.82) is 0 Å². The number of benzene rings is 2. The van der Waals surface area contributed by atoms with E-state index in [-0.39, 0.29) is 12.5 Å². The molecule has 1 heterocycles. The van der Waals surface area contributed by atoms with Crippen LogP contribution in [0.3, 0.4) is 0 Å². The molecule has 132 valence electrons. The lowest BCUT2D eigenvalue weighted by Crippen LogP contribution is -2.29. The van der Waals surface area contributed by atoms with Gasteiger partial charge in [0.2, 0.25) is 0 Å². The van der Waals surface area contributed by atoms with Crippen LogP contribution in [0, 0.1) is 0 Å². The molecule has 1 saturated heterocycles. The smallest absolute Gasteiger partial charge is 0.262 e. The Labute approximate surface area is 157 Å². The van der Waals surface area contributed by atoms with Crippen LogP contribution < -0.4 is 15.0 Å². The van der Waals surface area contributed by atoms with Gasteiger partial charge in [0.05, 0.1) is 0 Å². The quantitative estimate of drug-likeness (QED) is 0.795. The van der Waals surface area contributed by atoms with Gasteiger partial charge in [-0.3, -0.25) is 4.79 Å². The minimum atomic E-state index is -0.234. The monoisotopic (exact) mass is 378 g/mol. The van der Waals surface area contributed by atoms with Gasteiger partial charge in [-0.05, 0) is 61.7 Å². The highest BCUT2D eigenvalue weighted by Gasteiger charge is 2.11. The van der Waals surface area contributed by atoms with E-state index in [0.717, 1.165) is 18.8 Å². The fourth-order valence-electron chi connectivity index (χ4n) is 2.87. The zero-order valence-electron chi connectivity index (χ0n) is 13.8. The zero-order chi connectivity index (χ0) is 17.6. The minimum Gasteiger partial charge on any atom is -0.484 e. The predicted molar refractivity (Wildman–Crippen MR) is 103 cm³/mol. The third-order valence-electron chi connectivity index (χ3n) is 4.08. The van der Waals surface area contributed by atoms with Crippen LogP contribution in [0.1, 0.15) is 19.3 Å². The van der Waals surface area contributed by atoms with Crippen LogP contribution >= 0.6 is 23.2 Å². The highest BCUT2D eigenvalue weighted by atomic mass is 35.5. The van der Waals surface area contributed by atoms with Gasteiger partial charge < -0.3 is 15.0 Å². The van der Waals surface area contributed by atoms with Crippen LogP contribution in [0.4, 0.5) is 11.4 Å². The molecule has 1 aliphatic heterocycles. The van der Waals surface area contributed by atoms with Gasteiger partial charge in [0.15, 0.2) is 6.61 Å². The summed E-state index contributed by atoms with van der Waals surface area (Å²) in [6.07, 6.45) is 3.79. The van der Waals surface area contributed by atoms with E-state index in [2.05, 4.69) is 10.2 Å². The zero-order valence-corrected chi connectivity index (χ0v) is 15.3. The second-order valence-corrected chi connectivity index (χ2v) is 6.91. The Morgan fingerprint density at radius 3 is 2.28 bits per heavy atom. The number of carbonyl (C=O) groups is 1. The van der Waals surface area contributed by atoms with Crippen molar-refractivity contribution in [2.75, 3.05) is 29.9 Å². The SMILES string of the molecule is O=C(COc1cc(Cl)cc(Cl)c1)Nc1ccc(N2CCCCC2)cc1. The summed E-state index contributed by atoms with van der Waals surface area (Å²) in [5.41, 5.74) is 1.95.